The van der Waals surface area contributed by atoms with Crippen LogP contribution in [0.2, 0.25) is 5.02 Å². The van der Waals surface area contributed by atoms with Crippen molar-refractivity contribution in [3.63, 3.8) is 0 Å². The first-order valence-electron chi connectivity index (χ1n) is 12.3. The molecule has 0 bridgehead atoms. The smallest absolute Gasteiger partial charge is 0.199 e. The molecule has 3 aliphatic rings. The number of carbonyl (C=O) groups excluding carboxylic acids is 1. The van der Waals surface area contributed by atoms with Crippen LogP contribution in [-0.4, -0.2) is 23.6 Å². The Bertz CT molecular complexity index is 1010. The van der Waals surface area contributed by atoms with E-state index in [0.29, 0.717) is 22.6 Å². The van der Waals surface area contributed by atoms with Gasteiger partial charge in [0, 0.05) is 10.8 Å². The van der Waals surface area contributed by atoms with Crippen molar-refractivity contribution < 1.29 is 14.6 Å². The van der Waals surface area contributed by atoms with Crippen LogP contribution in [0.3, 0.4) is 0 Å². The quantitative estimate of drug-likeness (QED) is 0.495. The number of halogens is 1. The van der Waals surface area contributed by atoms with E-state index in [2.05, 4.69) is 45.6 Å². The average molecular weight is 469 g/mol. The number of allylic oxidation sites excluding steroid dienone is 5. The second-order valence-corrected chi connectivity index (χ2v) is 11.2. The Hall–Kier alpha value is -1.84. The van der Waals surface area contributed by atoms with E-state index in [1.165, 1.54) is 5.57 Å². The molecule has 5 unspecified atom stereocenters. The normalized spacial score (nSPS) is 34.2. The third-order valence-electron chi connectivity index (χ3n) is 8.91. The minimum absolute atomic E-state index is 0.0547. The Labute approximate surface area is 203 Å². The zero-order valence-corrected chi connectivity index (χ0v) is 21.1. The molecule has 6 atom stereocenters. The number of fused-ring (bicyclic) bond motifs is 3. The fraction of sp³-hybridized carbons (Fsp3) is 0.552. The van der Waals surface area contributed by atoms with E-state index in [9.17, 15) is 9.90 Å². The highest BCUT2D eigenvalue weighted by molar-refractivity contribution is 6.32. The molecule has 1 aromatic carbocycles. The van der Waals surface area contributed by atoms with E-state index in [0.717, 1.165) is 43.2 Å². The highest BCUT2D eigenvalue weighted by atomic mass is 35.5. The maximum atomic E-state index is 13.1. The van der Waals surface area contributed by atoms with Crippen molar-refractivity contribution in [3.8, 4) is 5.75 Å². The molecule has 3 aliphatic carbocycles. The third kappa shape index (κ3) is 4.23. The molecule has 4 rings (SSSR count). The molecule has 33 heavy (non-hydrogen) atoms. The molecule has 0 amide bonds. The minimum Gasteiger partial charge on any atom is -0.484 e. The summed E-state index contributed by atoms with van der Waals surface area (Å²) in [5, 5.41) is 11.8. The van der Waals surface area contributed by atoms with Crippen LogP contribution in [0.1, 0.15) is 58.4 Å². The predicted molar refractivity (Wildman–Crippen MR) is 135 cm³/mol. The van der Waals surface area contributed by atoms with E-state index in [-0.39, 0.29) is 23.7 Å². The summed E-state index contributed by atoms with van der Waals surface area (Å²) in [6.07, 6.45) is 10.7. The van der Waals surface area contributed by atoms with Gasteiger partial charge in [0.05, 0.1) is 5.02 Å². The lowest BCUT2D eigenvalue weighted by atomic mass is 9.46. The molecule has 0 radical (unpaired) electrons. The Kier molecular flexibility index (Phi) is 6.68. The zero-order valence-electron chi connectivity index (χ0n) is 20.4. The molecule has 1 N–H and O–H groups in total. The summed E-state index contributed by atoms with van der Waals surface area (Å²) in [7, 11) is 0. The highest BCUT2D eigenvalue weighted by Crippen LogP contribution is 2.62. The van der Waals surface area contributed by atoms with Gasteiger partial charge in [-0.25, -0.2) is 0 Å². The molecular formula is C29H37ClO3. The van der Waals surface area contributed by atoms with Crippen LogP contribution in [0.15, 0.2) is 54.2 Å². The molecule has 0 spiro atoms. The van der Waals surface area contributed by atoms with Gasteiger partial charge in [0.15, 0.2) is 5.78 Å². The average Bonchev–Trinajstić information content (AvgIpc) is 2.78. The number of aliphatic hydroxyl groups is 1. The van der Waals surface area contributed by atoms with E-state index in [4.69, 9.17) is 16.3 Å². The van der Waals surface area contributed by atoms with E-state index in [1.807, 2.05) is 19.1 Å². The first-order chi connectivity index (χ1) is 15.6. The van der Waals surface area contributed by atoms with Crippen molar-refractivity contribution in [3.05, 3.63) is 64.7 Å². The number of rotatable bonds is 6. The van der Waals surface area contributed by atoms with Gasteiger partial charge >= 0.3 is 0 Å². The molecule has 1 aromatic rings. The number of Topliss-reactive ketones (excluding diaryl/α,β-unsaturated/α-hetero) is 1. The first-order valence-corrected chi connectivity index (χ1v) is 12.7. The summed E-state index contributed by atoms with van der Waals surface area (Å²) in [6.45, 7) is 12.6. The van der Waals surface area contributed by atoms with Crippen molar-refractivity contribution in [1.29, 1.82) is 0 Å². The monoisotopic (exact) mass is 468 g/mol. The van der Waals surface area contributed by atoms with Crippen LogP contribution >= 0.6 is 11.6 Å². The van der Waals surface area contributed by atoms with E-state index in [1.54, 1.807) is 6.07 Å². The second-order valence-electron chi connectivity index (χ2n) is 10.8. The van der Waals surface area contributed by atoms with Gasteiger partial charge in [-0.1, -0.05) is 75.2 Å². The molecule has 2 fully saturated rings. The summed E-state index contributed by atoms with van der Waals surface area (Å²) >= 11 is 6.25. The number of aliphatic hydroxyl groups excluding tert-OH is 1. The lowest BCUT2D eigenvalue weighted by molar-refractivity contribution is -0.148. The van der Waals surface area contributed by atoms with Gasteiger partial charge in [0.2, 0.25) is 0 Å². The van der Waals surface area contributed by atoms with Gasteiger partial charge in [0.1, 0.15) is 18.5 Å². The molecule has 0 saturated heterocycles. The maximum Gasteiger partial charge on any atom is 0.199 e. The number of aryl methyl sites for hydroxylation is 1. The number of hydrogen-bond donors (Lipinski definition) is 1. The summed E-state index contributed by atoms with van der Waals surface area (Å²) in [5.74, 6) is 1.53. The van der Waals surface area contributed by atoms with Crippen LogP contribution in [0.4, 0.5) is 0 Å². The van der Waals surface area contributed by atoms with Crippen molar-refractivity contribution in [1.82, 2.24) is 0 Å². The summed E-state index contributed by atoms with van der Waals surface area (Å²) in [4.78, 5) is 13.1. The SMILES string of the molecule is C=C1C=CC2(C)C(=C1)CCC1C2CCC(C)([C@@H](O)C(=O)COc2ccc(C)cc2Cl)C1CC. The number of hydrogen-bond acceptors (Lipinski definition) is 3. The fourth-order valence-corrected chi connectivity index (χ4v) is 7.34. The van der Waals surface area contributed by atoms with Crippen molar-refractivity contribution >= 4 is 17.4 Å². The van der Waals surface area contributed by atoms with Crippen molar-refractivity contribution in [2.24, 2.45) is 28.6 Å². The minimum atomic E-state index is -1.04. The highest BCUT2D eigenvalue weighted by Gasteiger charge is 2.56. The van der Waals surface area contributed by atoms with Crippen molar-refractivity contribution in [2.45, 2.75) is 65.9 Å². The number of ether oxygens (including phenoxy) is 1. The van der Waals surface area contributed by atoms with Gasteiger partial charge < -0.3 is 9.84 Å². The lowest BCUT2D eigenvalue weighted by Gasteiger charge is -2.58. The molecule has 2 saturated carbocycles. The van der Waals surface area contributed by atoms with Crippen LogP contribution in [0.5, 0.6) is 5.75 Å². The molecule has 0 heterocycles. The standard InChI is InChI=1S/C29H37ClO3/c1-6-22-21-9-8-20-15-19(3)11-13-28(20,4)23(21)12-14-29(22,5)27(32)25(31)17-33-26-10-7-18(2)16-24(26)30/h7,10-11,13,15-16,21-23,27,32H,3,6,8-9,12,14,17H2,1-2,4-5H3/t21?,22?,23?,27-,28?,29?/m0/s1. The van der Waals surface area contributed by atoms with Crippen molar-refractivity contribution in [2.75, 3.05) is 6.61 Å². The second kappa shape index (κ2) is 9.07. The summed E-state index contributed by atoms with van der Waals surface area (Å²) in [5.41, 5.74) is 3.22. The Balaban J connectivity index is 1.51. The molecule has 4 heteroatoms. The third-order valence-corrected chi connectivity index (χ3v) is 9.21. The topological polar surface area (TPSA) is 46.5 Å². The van der Waals surface area contributed by atoms with E-state index >= 15 is 0 Å². The van der Waals surface area contributed by atoms with Gasteiger partial charge in [-0.2, -0.15) is 0 Å². The van der Waals surface area contributed by atoms with Crippen LogP contribution in [-0.2, 0) is 4.79 Å². The number of benzene rings is 1. The molecule has 178 valence electrons. The van der Waals surface area contributed by atoms with Crippen LogP contribution < -0.4 is 4.74 Å². The summed E-state index contributed by atoms with van der Waals surface area (Å²) < 4.78 is 5.72. The van der Waals surface area contributed by atoms with E-state index < -0.39 is 11.5 Å². The van der Waals surface area contributed by atoms with Gasteiger partial charge in [-0.3, -0.25) is 4.79 Å². The molecular weight excluding hydrogens is 432 g/mol. The number of carbonyl (C=O) groups is 1. The molecule has 0 aromatic heterocycles. The van der Waals surface area contributed by atoms with Gasteiger partial charge in [-0.15, -0.1) is 0 Å². The lowest BCUT2D eigenvalue weighted by Crippen LogP contribution is -2.55. The molecule has 0 aliphatic heterocycles. The van der Waals surface area contributed by atoms with Crippen LogP contribution in [0.25, 0.3) is 0 Å². The Morgan fingerprint density at radius 1 is 1.33 bits per heavy atom. The summed E-state index contributed by atoms with van der Waals surface area (Å²) in [6, 6.07) is 5.49. The Morgan fingerprint density at radius 3 is 2.79 bits per heavy atom. The largest absolute Gasteiger partial charge is 0.484 e. The zero-order chi connectivity index (χ0) is 24.0. The maximum absolute atomic E-state index is 13.1. The molecule has 3 nitrogen and oxygen atoms in total. The fourth-order valence-electron chi connectivity index (χ4n) is 7.05. The van der Waals surface area contributed by atoms with Crippen LogP contribution in [0, 0.1) is 35.5 Å². The van der Waals surface area contributed by atoms with Gasteiger partial charge in [0.25, 0.3) is 0 Å². The predicted octanol–water partition coefficient (Wildman–Crippen LogP) is 6.87. The first kappa shape index (κ1) is 24.3. The van der Waals surface area contributed by atoms with Gasteiger partial charge in [-0.05, 0) is 73.6 Å². The Morgan fingerprint density at radius 2 is 2.09 bits per heavy atom. The number of ketones is 1.